The van der Waals surface area contributed by atoms with Crippen molar-refractivity contribution < 1.29 is 4.39 Å². The summed E-state index contributed by atoms with van der Waals surface area (Å²) in [6.45, 7) is 7.33. The summed E-state index contributed by atoms with van der Waals surface area (Å²) >= 11 is 0. The van der Waals surface area contributed by atoms with Gasteiger partial charge in [0.25, 0.3) is 5.56 Å². The van der Waals surface area contributed by atoms with E-state index in [1.807, 2.05) is 37.3 Å². The smallest absolute Gasteiger partial charge is 0.262 e. The van der Waals surface area contributed by atoms with Crippen LogP contribution in [0.5, 0.6) is 0 Å². The van der Waals surface area contributed by atoms with Gasteiger partial charge < -0.3 is 4.90 Å². The fourth-order valence-electron chi connectivity index (χ4n) is 4.43. The first-order valence-electron chi connectivity index (χ1n) is 11.1. The Kier molecular flexibility index (Phi) is 5.57. The number of pyridine rings is 1. The summed E-state index contributed by atoms with van der Waals surface area (Å²) in [6.07, 6.45) is 4.19. The van der Waals surface area contributed by atoms with E-state index in [1.54, 1.807) is 17.1 Å². The minimum absolute atomic E-state index is 0.0352. The van der Waals surface area contributed by atoms with Crippen LogP contribution in [0.3, 0.4) is 0 Å². The van der Waals surface area contributed by atoms with Gasteiger partial charge in [0.2, 0.25) is 0 Å². The van der Waals surface area contributed by atoms with E-state index >= 15 is 0 Å². The maximum absolute atomic E-state index is 13.1. The van der Waals surface area contributed by atoms with Crippen LogP contribution in [-0.4, -0.2) is 52.2 Å². The Morgan fingerprint density at radius 3 is 2.50 bits per heavy atom. The Morgan fingerprint density at radius 1 is 0.938 bits per heavy atom. The van der Waals surface area contributed by atoms with Crippen LogP contribution in [0.4, 0.5) is 10.1 Å². The zero-order valence-corrected chi connectivity index (χ0v) is 18.2. The van der Waals surface area contributed by atoms with Gasteiger partial charge >= 0.3 is 0 Å². The van der Waals surface area contributed by atoms with Crippen molar-refractivity contribution in [3.05, 3.63) is 76.7 Å². The number of anilines is 1. The maximum atomic E-state index is 13.1. The minimum Gasteiger partial charge on any atom is -0.369 e. The van der Waals surface area contributed by atoms with Crippen molar-refractivity contribution in [1.82, 2.24) is 19.4 Å². The third kappa shape index (κ3) is 4.08. The highest BCUT2D eigenvalue weighted by molar-refractivity contribution is 6.02. The van der Waals surface area contributed by atoms with E-state index in [1.165, 1.54) is 12.1 Å². The van der Waals surface area contributed by atoms with Crippen molar-refractivity contribution in [2.45, 2.75) is 19.9 Å². The van der Waals surface area contributed by atoms with E-state index < -0.39 is 0 Å². The van der Waals surface area contributed by atoms with E-state index in [-0.39, 0.29) is 11.4 Å². The first kappa shape index (κ1) is 20.6. The van der Waals surface area contributed by atoms with Crippen LogP contribution in [0.2, 0.25) is 0 Å². The van der Waals surface area contributed by atoms with Crippen LogP contribution < -0.4 is 10.5 Å². The van der Waals surface area contributed by atoms with Crippen molar-refractivity contribution in [2.24, 2.45) is 0 Å². The molecule has 1 fully saturated rings. The van der Waals surface area contributed by atoms with Crippen molar-refractivity contribution in [3.63, 3.8) is 0 Å². The van der Waals surface area contributed by atoms with Crippen molar-refractivity contribution >= 4 is 27.5 Å². The van der Waals surface area contributed by atoms with Crippen LogP contribution in [0.1, 0.15) is 12.0 Å². The van der Waals surface area contributed by atoms with Crippen LogP contribution in [0, 0.1) is 12.7 Å². The number of halogens is 1. The number of aromatic nitrogens is 3. The number of hydrogen-bond acceptors (Lipinski definition) is 5. The number of hydrogen-bond donors (Lipinski definition) is 0. The molecule has 0 bridgehead atoms. The SMILES string of the molecule is Cc1ccc2ncc3c(=O)n(CCCN4CCN(c5ccc(F)cc5)CC4)cnc3c2c1. The van der Waals surface area contributed by atoms with Gasteiger partial charge in [-0.1, -0.05) is 11.6 Å². The van der Waals surface area contributed by atoms with Gasteiger partial charge in [-0.2, -0.15) is 0 Å². The number of fused-ring (bicyclic) bond motifs is 3. The number of aryl methyl sites for hydroxylation is 2. The quantitative estimate of drug-likeness (QED) is 0.452. The summed E-state index contributed by atoms with van der Waals surface area (Å²) in [7, 11) is 0. The van der Waals surface area contributed by atoms with Gasteiger partial charge in [-0.25, -0.2) is 9.37 Å². The Hall–Kier alpha value is -3.32. The molecule has 3 heterocycles. The lowest BCUT2D eigenvalue weighted by Gasteiger charge is -2.36. The molecule has 0 amide bonds. The van der Waals surface area contributed by atoms with E-state index in [0.29, 0.717) is 11.9 Å². The second kappa shape index (κ2) is 8.67. The molecule has 1 aliphatic rings. The van der Waals surface area contributed by atoms with Gasteiger partial charge in [0.05, 0.1) is 22.7 Å². The zero-order chi connectivity index (χ0) is 22.1. The van der Waals surface area contributed by atoms with Gasteiger partial charge in [-0.3, -0.25) is 19.2 Å². The molecular formula is C25H26FN5O. The Balaban J connectivity index is 1.21. The largest absolute Gasteiger partial charge is 0.369 e. The Morgan fingerprint density at radius 2 is 1.72 bits per heavy atom. The fraction of sp³-hybridized carbons (Fsp3) is 0.320. The molecule has 6 nitrogen and oxygen atoms in total. The van der Waals surface area contributed by atoms with Gasteiger partial charge in [0.1, 0.15) is 5.82 Å². The Labute approximate surface area is 185 Å². The van der Waals surface area contributed by atoms with E-state index in [4.69, 9.17) is 0 Å². The molecule has 2 aromatic carbocycles. The Bertz CT molecular complexity index is 1310. The van der Waals surface area contributed by atoms with Gasteiger partial charge in [-0.05, 0) is 56.3 Å². The third-order valence-corrected chi connectivity index (χ3v) is 6.25. The molecule has 0 saturated carbocycles. The summed E-state index contributed by atoms with van der Waals surface area (Å²) in [5.74, 6) is -0.204. The molecule has 4 aromatic rings. The number of rotatable bonds is 5. The first-order chi connectivity index (χ1) is 15.6. The molecule has 0 radical (unpaired) electrons. The summed E-state index contributed by atoms with van der Waals surface area (Å²) in [5.41, 5.74) is 3.73. The maximum Gasteiger partial charge on any atom is 0.262 e. The van der Waals surface area contributed by atoms with Crippen LogP contribution >= 0.6 is 0 Å². The van der Waals surface area contributed by atoms with Crippen LogP contribution in [0.25, 0.3) is 21.8 Å². The fourth-order valence-corrected chi connectivity index (χ4v) is 4.43. The second-order valence-corrected chi connectivity index (χ2v) is 8.44. The highest BCUT2D eigenvalue weighted by Crippen LogP contribution is 2.21. The standard InChI is InChI=1S/C25H26FN5O/c1-18-3-8-23-21(15-18)24-22(16-27-23)25(32)31(17-28-24)10-2-9-29-11-13-30(14-12-29)20-6-4-19(26)5-7-20/h3-8,15-17H,2,9-14H2,1H3. The molecule has 164 valence electrons. The lowest BCUT2D eigenvalue weighted by atomic mass is 10.1. The molecule has 0 atom stereocenters. The van der Waals surface area contributed by atoms with Crippen molar-refractivity contribution in [3.8, 4) is 0 Å². The second-order valence-electron chi connectivity index (χ2n) is 8.44. The zero-order valence-electron chi connectivity index (χ0n) is 18.2. The average Bonchev–Trinajstić information content (AvgIpc) is 2.81. The van der Waals surface area contributed by atoms with Crippen molar-refractivity contribution in [2.75, 3.05) is 37.6 Å². The monoisotopic (exact) mass is 431 g/mol. The van der Waals surface area contributed by atoms with Crippen molar-refractivity contribution in [1.29, 1.82) is 0 Å². The molecule has 0 spiro atoms. The topological polar surface area (TPSA) is 54.3 Å². The molecule has 0 N–H and O–H groups in total. The molecule has 1 aliphatic heterocycles. The van der Waals surface area contributed by atoms with E-state index in [9.17, 15) is 9.18 Å². The lowest BCUT2D eigenvalue weighted by molar-refractivity contribution is 0.250. The molecular weight excluding hydrogens is 405 g/mol. The number of piperazine rings is 1. The molecule has 1 saturated heterocycles. The minimum atomic E-state index is -0.204. The van der Waals surface area contributed by atoms with Gasteiger partial charge in [-0.15, -0.1) is 0 Å². The normalized spacial score (nSPS) is 15.0. The highest BCUT2D eigenvalue weighted by Gasteiger charge is 2.17. The summed E-state index contributed by atoms with van der Waals surface area (Å²) in [6, 6.07) is 12.7. The predicted octanol–water partition coefficient (Wildman–Crippen LogP) is 3.60. The number of nitrogens with zero attached hydrogens (tertiary/aromatic N) is 5. The molecule has 7 heteroatoms. The number of benzene rings is 2. The third-order valence-electron chi connectivity index (χ3n) is 6.25. The highest BCUT2D eigenvalue weighted by atomic mass is 19.1. The molecule has 0 aliphatic carbocycles. The lowest BCUT2D eigenvalue weighted by Crippen LogP contribution is -2.46. The molecule has 32 heavy (non-hydrogen) atoms. The average molecular weight is 432 g/mol. The van der Waals surface area contributed by atoms with E-state index in [2.05, 4.69) is 19.8 Å². The summed E-state index contributed by atoms with van der Waals surface area (Å²) in [4.78, 5) is 26.8. The molecule has 0 unspecified atom stereocenters. The molecule has 2 aromatic heterocycles. The van der Waals surface area contributed by atoms with E-state index in [0.717, 1.165) is 66.8 Å². The summed E-state index contributed by atoms with van der Waals surface area (Å²) < 4.78 is 14.8. The van der Waals surface area contributed by atoms with Gasteiger partial charge in [0, 0.05) is 50.0 Å². The predicted molar refractivity (Wildman–Crippen MR) is 126 cm³/mol. The van der Waals surface area contributed by atoms with Gasteiger partial charge in [0.15, 0.2) is 0 Å². The molecule has 5 rings (SSSR count). The van der Waals surface area contributed by atoms with Crippen LogP contribution in [-0.2, 0) is 6.54 Å². The summed E-state index contributed by atoms with van der Waals surface area (Å²) in [5, 5.41) is 1.49. The first-order valence-corrected chi connectivity index (χ1v) is 11.1. The van der Waals surface area contributed by atoms with Crippen LogP contribution in [0.15, 0.2) is 59.8 Å².